The fourth-order valence-corrected chi connectivity index (χ4v) is 7.51. The fraction of sp³-hybridized carbons (Fsp3) is 0.312. The Morgan fingerprint density at radius 1 is 1.13 bits per heavy atom. The van der Waals surface area contributed by atoms with Gasteiger partial charge in [0.15, 0.2) is 0 Å². The summed E-state index contributed by atoms with van der Waals surface area (Å²) in [5.74, 6) is 0.877. The zero-order valence-electron chi connectivity index (χ0n) is 25.3. The van der Waals surface area contributed by atoms with Gasteiger partial charge in [-0.15, -0.1) is 0 Å². The van der Waals surface area contributed by atoms with Gasteiger partial charge in [-0.2, -0.15) is 0 Å². The number of amides is 4. The number of para-hydroxylation sites is 1. The van der Waals surface area contributed by atoms with E-state index in [1.807, 2.05) is 55.5 Å². The third kappa shape index (κ3) is 6.88. The van der Waals surface area contributed by atoms with Crippen molar-refractivity contribution in [2.75, 3.05) is 30.8 Å². The Bertz CT molecular complexity index is 1800. The molecule has 3 aliphatic heterocycles. The molecular weight excluding hydrogens is 629 g/mol. The Kier molecular flexibility index (Phi) is 9.02. The van der Waals surface area contributed by atoms with E-state index in [0.29, 0.717) is 53.8 Å². The first-order valence-corrected chi connectivity index (χ1v) is 17.6. The number of piperidine rings is 1. The third-order valence-electron chi connectivity index (χ3n) is 7.96. The van der Waals surface area contributed by atoms with Crippen LogP contribution in [0.25, 0.3) is 0 Å². The molecule has 3 N–H and O–H groups in total. The molecule has 240 valence electrons. The zero-order valence-corrected chi connectivity index (χ0v) is 26.9. The summed E-state index contributed by atoms with van der Waals surface area (Å²) in [7, 11) is -3.35. The van der Waals surface area contributed by atoms with Gasteiger partial charge in [-0.25, -0.2) is 22.9 Å². The molecule has 0 saturated carbocycles. The van der Waals surface area contributed by atoms with Crippen LogP contribution in [-0.2, 0) is 19.6 Å². The highest BCUT2D eigenvalue weighted by Crippen LogP contribution is 2.51. The number of pyridine rings is 1. The van der Waals surface area contributed by atoms with Crippen LogP contribution in [-0.4, -0.2) is 73.3 Å². The smallest absolute Gasteiger partial charge is 0.327 e. The van der Waals surface area contributed by atoms with Crippen LogP contribution in [0.5, 0.6) is 11.5 Å². The van der Waals surface area contributed by atoms with Crippen molar-refractivity contribution in [2.24, 2.45) is 0 Å². The molecule has 12 nitrogen and oxygen atoms in total. The number of nitrogens with one attached hydrogen (secondary N) is 3. The van der Waals surface area contributed by atoms with Crippen LogP contribution in [0.4, 0.5) is 16.2 Å². The van der Waals surface area contributed by atoms with Crippen molar-refractivity contribution >= 4 is 51.0 Å². The number of rotatable bonds is 9. The van der Waals surface area contributed by atoms with Gasteiger partial charge in [0.25, 0.3) is 0 Å². The first-order chi connectivity index (χ1) is 22.1. The number of hydrogen-bond acceptors (Lipinski definition) is 8. The van der Waals surface area contributed by atoms with E-state index < -0.39 is 21.3 Å². The summed E-state index contributed by atoms with van der Waals surface area (Å²) < 4.78 is 30.8. The molecule has 2 aromatic carbocycles. The fourth-order valence-electron chi connectivity index (χ4n) is 5.87. The maximum atomic E-state index is 13.7. The van der Waals surface area contributed by atoms with Crippen molar-refractivity contribution in [3.05, 3.63) is 84.1 Å². The van der Waals surface area contributed by atoms with Crippen LogP contribution >= 0.6 is 11.8 Å². The number of hydrogen-bond donors (Lipinski definition) is 3. The first kappa shape index (κ1) is 31.6. The van der Waals surface area contributed by atoms with Gasteiger partial charge < -0.3 is 20.3 Å². The molecule has 3 aliphatic rings. The number of likely N-dealkylation sites (tertiary alicyclic amines) is 1. The number of sulfonamides is 1. The topological polar surface area (TPSA) is 150 Å². The quantitative estimate of drug-likeness (QED) is 0.293. The maximum Gasteiger partial charge on any atom is 0.327 e. The van der Waals surface area contributed by atoms with Crippen molar-refractivity contribution in [1.29, 1.82) is 0 Å². The van der Waals surface area contributed by atoms with E-state index in [4.69, 9.17) is 4.74 Å². The lowest BCUT2D eigenvalue weighted by Gasteiger charge is -2.36. The molecule has 1 saturated heterocycles. The molecule has 3 aromatic rings. The Balaban J connectivity index is 1.14. The van der Waals surface area contributed by atoms with Gasteiger partial charge in [-0.05, 0) is 61.7 Å². The highest BCUT2D eigenvalue weighted by atomic mass is 32.2. The van der Waals surface area contributed by atoms with Crippen LogP contribution in [0.3, 0.4) is 0 Å². The lowest BCUT2D eigenvalue weighted by atomic mass is 9.98. The highest BCUT2D eigenvalue weighted by molar-refractivity contribution is 8.01. The lowest BCUT2D eigenvalue weighted by Crippen LogP contribution is -2.53. The summed E-state index contributed by atoms with van der Waals surface area (Å²) in [6.45, 7) is 2.81. The predicted octanol–water partition coefficient (Wildman–Crippen LogP) is 3.77. The second-order valence-electron chi connectivity index (χ2n) is 11.4. The van der Waals surface area contributed by atoms with Crippen molar-refractivity contribution in [1.82, 2.24) is 25.2 Å². The summed E-state index contributed by atoms with van der Waals surface area (Å²) >= 11 is 1.32. The number of urea groups is 1. The molecular formula is C32H34N6O6S2. The summed E-state index contributed by atoms with van der Waals surface area (Å²) in [5, 5.41) is 6.19. The molecule has 46 heavy (non-hydrogen) atoms. The minimum atomic E-state index is -3.35. The lowest BCUT2D eigenvalue weighted by molar-refractivity contribution is -0.129. The van der Waals surface area contributed by atoms with Gasteiger partial charge in [0.1, 0.15) is 21.8 Å². The normalized spacial score (nSPS) is 20.7. The van der Waals surface area contributed by atoms with E-state index in [1.54, 1.807) is 22.1 Å². The number of aromatic nitrogens is 1. The number of ether oxygens (including phenoxy) is 1. The summed E-state index contributed by atoms with van der Waals surface area (Å²) in [6.07, 6.45) is 6.92. The van der Waals surface area contributed by atoms with Crippen LogP contribution in [0.15, 0.2) is 78.0 Å². The van der Waals surface area contributed by atoms with E-state index in [9.17, 15) is 22.8 Å². The molecule has 3 atom stereocenters. The molecule has 0 radical (unpaired) electrons. The Morgan fingerprint density at radius 3 is 2.70 bits per heavy atom. The molecule has 1 fully saturated rings. The SMILES string of the molecule is Cc1cc(Oc2ccccc2)ccc1N1C(=O)NC2c3c1ccnc3S[C@H]2C(=O)NC1CCCN(C(=O)/C=C/CNS(C)(=O)=O)C1. The molecule has 0 aliphatic carbocycles. The summed E-state index contributed by atoms with van der Waals surface area (Å²) in [4.78, 5) is 47.8. The van der Waals surface area contributed by atoms with E-state index in [0.717, 1.165) is 17.4 Å². The predicted molar refractivity (Wildman–Crippen MR) is 175 cm³/mol. The molecule has 1 aromatic heterocycles. The van der Waals surface area contributed by atoms with E-state index in [2.05, 4.69) is 20.3 Å². The number of anilines is 2. The van der Waals surface area contributed by atoms with Crippen LogP contribution in [0, 0.1) is 6.92 Å². The average Bonchev–Trinajstić information content (AvgIpc) is 3.39. The second kappa shape index (κ2) is 13.1. The van der Waals surface area contributed by atoms with Crippen molar-refractivity contribution in [3.8, 4) is 11.5 Å². The van der Waals surface area contributed by atoms with Gasteiger partial charge >= 0.3 is 6.03 Å². The van der Waals surface area contributed by atoms with E-state index in [1.165, 1.54) is 23.9 Å². The number of carbonyl (C=O) groups is 3. The molecule has 2 unspecified atom stereocenters. The van der Waals surface area contributed by atoms with Crippen LogP contribution < -0.4 is 25.0 Å². The summed E-state index contributed by atoms with van der Waals surface area (Å²) in [6, 6.07) is 15.6. The zero-order chi connectivity index (χ0) is 32.4. The largest absolute Gasteiger partial charge is 0.457 e. The molecule has 0 bridgehead atoms. The van der Waals surface area contributed by atoms with Gasteiger partial charge in [-0.1, -0.05) is 36.0 Å². The van der Waals surface area contributed by atoms with Crippen molar-refractivity contribution in [2.45, 2.75) is 42.1 Å². The van der Waals surface area contributed by atoms with E-state index >= 15 is 0 Å². The minimum Gasteiger partial charge on any atom is -0.457 e. The van der Waals surface area contributed by atoms with Crippen LogP contribution in [0.1, 0.15) is 30.0 Å². The molecule has 4 amide bonds. The molecule has 0 spiro atoms. The van der Waals surface area contributed by atoms with Crippen molar-refractivity contribution in [3.63, 3.8) is 0 Å². The Morgan fingerprint density at radius 2 is 1.93 bits per heavy atom. The monoisotopic (exact) mass is 662 g/mol. The summed E-state index contributed by atoms with van der Waals surface area (Å²) in [5.41, 5.74) is 3.00. The molecule has 4 heterocycles. The number of nitrogens with zero attached hydrogens (tertiary/aromatic N) is 3. The standard InChI is InChI=1S/C32H34N6O6S2/c1-20-18-23(44-22-9-4-3-5-10-22)12-13-24(20)38-25-14-16-33-31-27(25)28(36-32(38)41)29(45-31)30(40)35-21-8-7-17-37(19-21)26(39)11-6-15-34-46(2,42)43/h3-6,9-14,16,18,21,28-29,34H,7-8,15,17,19H2,1-2H3,(H,35,40)(H,36,41)/b11-6+/t21?,28?,29-/m1/s1. The number of carbonyl (C=O) groups excluding carboxylic acids is 3. The Hall–Kier alpha value is -4.40. The number of aryl methyl sites for hydroxylation is 1. The van der Waals surface area contributed by atoms with Crippen molar-refractivity contribution < 1.29 is 27.5 Å². The van der Waals surface area contributed by atoms with Gasteiger partial charge in [0.05, 0.1) is 23.7 Å². The maximum absolute atomic E-state index is 13.7. The van der Waals surface area contributed by atoms with Gasteiger partial charge in [0, 0.05) is 43.5 Å². The number of benzene rings is 2. The third-order valence-corrected chi connectivity index (χ3v) is 9.94. The van der Waals surface area contributed by atoms with Crippen LogP contribution in [0.2, 0.25) is 0 Å². The van der Waals surface area contributed by atoms with Gasteiger partial charge in [0.2, 0.25) is 21.8 Å². The molecule has 6 rings (SSSR count). The van der Waals surface area contributed by atoms with Gasteiger partial charge in [-0.3, -0.25) is 14.5 Å². The first-order valence-electron chi connectivity index (χ1n) is 14.9. The number of thioether (sulfide) groups is 1. The highest BCUT2D eigenvalue weighted by Gasteiger charge is 2.47. The minimum absolute atomic E-state index is 0.0200. The average molecular weight is 663 g/mol. The molecule has 14 heteroatoms. The Labute approximate surface area is 271 Å². The second-order valence-corrected chi connectivity index (χ2v) is 14.3. The van der Waals surface area contributed by atoms with E-state index in [-0.39, 0.29) is 30.4 Å².